The van der Waals surface area contributed by atoms with E-state index in [0.717, 1.165) is 11.1 Å². The van der Waals surface area contributed by atoms with E-state index in [0.29, 0.717) is 32.1 Å². The Labute approximate surface area is 362 Å². The predicted octanol–water partition coefficient (Wildman–Crippen LogP) is -0.674. The fourth-order valence-electron chi connectivity index (χ4n) is 7.02. The van der Waals surface area contributed by atoms with Gasteiger partial charge in [-0.25, -0.2) is 0 Å². The third kappa shape index (κ3) is 17.0. The summed E-state index contributed by atoms with van der Waals surface area (Å²) in [6.07, 6.45) is 3.29. The van der Waals surface area contributed by atoms with Crippen LogP contribution in [0, 0.1) is 5.92 Å². The van der Waals surface area contributed by atoms with Crippen molar-refractivity contribution in [3.05, 3.63) is 65.7 Å². The van der Waals surface area contributed by atoms with E-state index < -0.39 is 84.1 Å². The fourth-order valence-corrected chi connectivity index (χ4v) is 7.02. The van der Waals surface area contributed by atoms with Crippen LogP contribution in [0.5, 0.6) is 5.75 Å². The first-order valence-electron chi connectivity index (χ1n) is 21.2. The molecule has 19 nitrogen and oxygen atoms in total. The number of rotatable bonds is 25. The lowest BCUT2D eigenvalue weighted by Crippen LogP contribution is -2.59. The SMILES string of the molecule is CCCC[C@H](NC(=O)[C@H](CC(C)C)NC(=O)[C@H](Cc1ccccc1)NC(=O)[C@@H]1CCCN1C(=O)CNC(=O)[C@@H](N)Cc1ccc(O)cc1)C(=O)N[C@@H](CCCN=C(N)N)C(N)=O. The number of nitrogens with two attached hydrogens (primary N) is 4. The number of nitrogens with zero attached hydrogens (tertiary/aromatic N) is 2. The summed E-state index contributed by atoms with van der Waals surface area (Å²) in [7, 11) is 0. The first-order valence-corrected chi connectivity index (χ1v) is 21.2. The summed E-state index contributed by atoms with van der Waals surface area (Å²) in [5.74, 6) is -4.42. The molecule has 0 radical (unpaired) electrons. The number of guanidine groups is 1. The molecule has 0 bridgehead atoms. The molecular formula is C43H65N11O8. The van der Waals surface area contributed by atoms with E-state index in [1.165, 1.54) is 17.0 Å². The summed E-state index contributed by atoms with van der Waals surface area (Å²) in [5, 5.41) is 23.1. The number of amides is 7. The normalized spacial score (nSPS) is 15.9. The molecule has 0 saturated carbocycles. The van der Waals surface area contributed by atoms with E-state index in [1.807, 2.05) is 26.8 Å². The van der Waals surface area contributed by atoms with Gasteiger partial charge >= 0.3 is 0 Å². The van der Waals surface area contributed by atoms with Crippen molar-refractivity contribution in [2.45, 2.75) is 121 Å². The lowest BCUT2D eigenvalue weighted by Gasteiger charge is -2.29. The number of hydrogen-bond acceptors (Lipinski definition) is 10. The minimum Gasteiger partial charge on any atom is -0.508 e. The van der Waals surface area contributed by atoms with Crippen molar-refractivity contribution in [2.24, 2.45) is 33.8 Å². The van der Waals surface area contributed by atoms with Gasteiger partial charge in [-0.3, -0.25) is 38.6 Å². The molecule has 1 aliphatic heterocycles. The summed E-state index contributed by atoms with van der Waals surface area (Å²) >= 11 is 0. The molecule has 1 heterocycles. The fraction of sp³-hybridized carbons (Fsp3) is 0.535. The van der Waals surface area contributed by atoms with Gasteiger partial charge in [0, 0.05) is 19.5 Å². The number of primary amides is 1. The third-order valence-corrected chi connectivity index (χ3v) is 10.4. The van der Waals surface area contributed by atoms with Crippen molar-refractivity contribution in [3.63, 3.8) is 0 Å². The Bertz CT molecular complexity index is 1840. The maximum Gasteiger partial charge on any atom is 0.243 e. The number of carbonyl (C=O) groups is 7. The minimum atomic E-state index is -1.17. The number of phenols is 1. The van der Waals surface area contributed by atoms with E-state index in [9.17, 15) is 38.7 Å². The van der Waals surface area contributed by atoms with Crippen molar-refractivity contribution >= 4 is 47.3 Å². The number of unbranched alkanes of at least 4 members (excludes halogenated alkanes) is 1. The van der Waals surface area contributed by atoms with E-state index in [-0.39, 0.29) is 62.8 Å². The van der Waals surface area contributed by atoms with E-state index in [2.05, 4.69) is 31.6 Å². The van der Waals surface area contributed by atoms with Gasteiger partial charge in [-0.2, -0.15) is 0 Å². The van der Waals surface area contributed by atoms with Gasteiger partial charge in [0.15, 0.2) is 5.96 Å². The highest BCUT2D eigenvalue weighted by atomic mass is 16.3. The molecule has 0 spiro atoms. The van der Waals surface area contributed by atoms with Crippen LogP contribution < -0.4 is 49.5 Å². The molecule has 340 valence electrons. The highest BCUT2D eigenvalue weighted by Gasteiger charge is 2.37. The number of phenolic OH excluding ortho intramolecular Hbond substituents is 1. The molecule has 0 aliphatic carbocycles. The van der Waals surface area contributed by atoms with E-state index in [1.54, 1.807) is 36.4 Å². The molecule has 3 rings (SSSR count). The van der Waals surface area contributed by atoms with Crippen molar-refractivity contribution in [3.8, 4) is 5.75 Å². The number of hydrogen-bond donors (Lipinski definition) is 10. The van der Waals surface area contributed by atoms with Gasteiger partial charge in [-0.1, -0.05) is 76.1 Å². The maximum atomic E-state index is 14.2. The van der Waals surface area contributed by atoms with Gasteiger partial charge < -0.3 is 59.5 Å². The van der Waals surface area contributed by atoms with E-state index >= 15 is 0 Å². The molecule has 1 saturated heterocycles. The smallest absolute Gasteiger partial charge is 0.243 e. The van der Waals surface area contributed by atoms with Crippen LogP contribution in [0.4, 0.5) is 0 Å². The lowest BCUT2D eigenvalue weighted by atomic mass is 10.00. The number of aromatic hydroxyl groups is 1. The van der Waals surface area contributed by atoms with Crippen LogP contribution in [-0.2, 0) is 46.4 Å². The number of carbonyl (C=O) groups excluding carboxylic acids is 7. The lowest BCUT2D eigenvalue weighted by molar-refractivity contribution is -0.140. The van der Waals surface area contributed by atoms with Crippen LogP contribution in [0.25, 0.3) is 0 Å². The van der Waals surface area contributed by atoms with Crippen LogP contribution >= 0.6 is 0 Å². The summed E-state index contributed by atoms with van der Waals surface area (Å²) < 4.78 is 0. The van der Waals surface area contributed by atoms with Gasteiger partial charge in [0.25, 0.3) is 0 Å². The average Bonchev–Trinajstić information content (AvgIpc) is 3.73. The molecule has 2 aromatic carbocycles. The highest BCUT2D eigenvalue weighted by molar-refractivity contribution is 5.97. The molecule has 1 fully saturated rings. The molecular weight excluding hydrogens is 799 g/mol. The number of aliphatic imine (C=N–C) groups is 1. The zero-order chi connectivity index (χ0) is 45.8. The zero-order valence-corrected chi connectivity index (χ0v) is 35.9. The Morgan fingerprint density at radius 3 is 1.98 bits per heavy atom. The molecule has 6 atom stereocenters. The van der Waals surface area contributed by atoms with Crippen LogP contribution in [-0.4, -0.2) is 113 Å². The molecule has 2 aromatic rings. The molecule has 1 aliphatic rings. The van der Waals surface area contributed by atoms with Crippen LogP contribution in [0.3, 0.4) is 0 Å². The van der Waals surface area contributed by atoms with Crippen LogP contribution in [0.2, 0.25) is 0 Å². The maximum absolute atomic E-state index is 14.2. The Morgan fingerprint density at radius 1 is 0.758 bits per heavy atom. The van der Waals surface area contributed by atoms with Gasteiger partial charge in [0.05, 0.1) is 12.6 Å². The molecule has 0 aromatic heterocycles. The number of likely N-dealkylation sites (tertiary alicyclic amines) is 1. The largest absolute Gasteiger partial charge is 0.508 e. The molecule has 19 heteroatoms. The number of benzene rings is 2. The topological polar surface area (TPSA) is 320 Å². The van der Waals surface area contributed by atoms with Crippen LogP contribution in [0.1, 0.15) is 83.3 Å². The predicted molar refractivity (Wildman–Crippen MR) is 233 cm³/mol. The molecule has 7 amide bonds. The standard InChI is InChI=1S/C43H65N11O8/c1-4-5-13-32(39(59)50-31(37(45)57)14-9-20-48-43(46)47)51-40(60)33(22-26(2)3)52-41(61)34(24-27-11-7-6-8-12-27)53-42(62)35-15-10-21-54(35)36(56)25-49-38(58)30(44)23-28-16-18-29(55)19-17-28/h6-8,11-12,16-19,26,30-35,55H,4-5,9-10,13-15,20-25,44H2,1-3H3,(H2,45,57)(H,49,58)(H,50,59)(H,51,60)(H,52,61)(H,53,62)(H4,46,47,48)/t30-,31-,32-,33-,34-,35-/m0/s1. The Balaban J connectivity index is 1.73. The summed E-state index contributed by atoms with van der Waals surface area (Å²) in [5.41, 5.74) is 23.8. The molecule has 14 N–H and O–H groups in total. The van der Waals surface area contributed by atoms with Gasteiger partial charge in [-0.15, -0.1) is 0 Å². The van der Waals surface area contributed by atoms with Gasteiger partial charge in [0.1, 0.15) is 36.0 Å². The van der Waals surface area contributed by atoms with Crippen molar-refractivity contribution < 1.29 is 38.7 Å². The Morgan fingerprint density at radius 2 is 1.35 bits per heavy atom. The summed E-state index contributed by atoms with van der Waals surface area (Å²) in [6, 6.07) is 8.95. The molecule has 62 heavy (non-hydrogen) atoms. The van der Waals surface area contributed by atoms with E-state index in [4.69, 9.17) is 22.9 Å². The first kappa shape index (κ1) is 50.1. The third-order valence-electron chi connectivity index (χ3n) is 10.4. The monoisotopic (exact) mass is 864 g/mol. The second-order valence-corrected chi connectivity index (χ2v) is 16.0. The number of nitrogens with one attached hydrogen (secondary N) is 5. The Hall–Kier alpha value is -6.24. The first-order chi connectivity index (χ1) is 29.5. The summed E-state index contributed by atoms with van der Waals surface area (Å²) in [4.78, 5) is 99.2. The average molecular weight is 864 g/mol. The minimum absolute atomic E-state index is 0.0588. The van der Waals surface area contributed by atoms with Crippen molar-refractivity contribution in [1.82, 2.24) is 31.5 Å². The highest BCUT2D eigenvalue weighted by Crippen LogP contribution is 2.19. The van der Waals surface area contributed by atoms with Crippen LogP contribution in [0.15, 0.2) is 59.6 Å². The van der Waals surface area contributed by atoms with Gasteiger partial charge in [0.2, 0.25) is 41.4 Å². The Kier molecular flexibility index (Phi) is 20.6. The molecule has 0 unspecified atom stereocenters. The van der Waals surface area contributed by atoms with Crippen molar-refractivity contribution in [1.29, 1.82) is 0 Å². The summed E-state index contributed by atoms with van der Waals surface area (Å²) in [6.45, 7) is 5.74. The second kappa shape index (κ2) is 25.5. The zero-order valence-electron chi connectivity index (χ0n) is 35.9. The van der Waals surface area contributed by atoms with Gasteiger partial charge in [-0.05, 0) is 74.1 Å². The second-order valence-electron chi connectivity index (χ2n) is 16.0. The van der Waals surface area contributed by atoms with Crippen molar-refractivity contribution in [2.75, 3.05) is 19.6 Å². The quantitative estimate of drug-likeness (QED) is 0.0339.